The van der Waals surface area contributed by atoms with E-state index in [0.717, 1.165) is 18.2 Å². The fraction of sp³-hybridized carbons (Fsp3) is 0.250. The number of aromatic hydroxyl groups is 3. The maximum atomic E-state index is 13.9. The summed E-state index contributed by atoms with van der Waals surface area (Å²) >= 11 is 0. The second kappa shape index (κ2) is 9.25. The molecule has 2 unspecified atom stereocenters. The van der Waals surface area contributed by atoms with Gasteiger partial charge in [-0.25, -0.2) is 0 Å². The molecule has 3 aromatic carbocycles. The molecular formula is C32H26O11. The third-order valence-electron chi connectivity index (χ3n) is 8.47. The molecule has 220 valence electrons. The van der Waals surface area contributed by atoms with Crippen molar-refractivity contribution >= 4 is 23.1 Å². The monoisotopic (exact) mass is 586 g/mol. The summed E-state index contributed by atoms with van der Waals surface area (Å²) in [5.74, 6) is -5.06. The number of rotatable bonds is 3. The molecule has 3 aliphatic rings. The van der Waals surface area contributed by atoms with Crippen molar-refractivity contribution in [3.05, 3.63) is 74.4 Å². The van der Waals surface area contributed by atoms with Crippen molar-refractivity contribution in [1.82, 2.24) is 0 Å². The van der Waals surface area contributed by atoms with Crippen LogP contribution >= 0.6 is 0 Å². The van der Waals surface area contributed by atoms with Crippen LogP contribution in [-0.4, -0.2) is 74.6 Å². The summed E-state index contributed by atoms with van der Waals surface area (Å²) in [7, 11) is 2.42. The molecule has 0 bridgehead atoms. The number of carbonyl (C=O) groups is 4. The highest BCUT2D eigenvalue weighted by atomic mass is 16.5. The van der Waals surface area contributed by atoms with Gasteiger partial charge >= 0.3 is 0 Å². The predicted molar refractivity (Wildman–Crippen MR) is 150 cm³/mol. The first-order chi connectivity index (χ1) is 20.2. The van der Waals surface area contributed by atoms with Gasteiger partial charge in [0.05, 0.1) is 48.2 Å². The Hall–Kier alpha value is -5.00. The van der Waals surface area contributed by atoms with Crippen LogP contribution in [-0.2, 0) is 0 Å². The minimum atomic E-state index is -1.76. The number of fused-ring (bicyclic) bond motifs is 3. The van der Waals surface area contributed by atoms with E-state index in [0.29, 0.717) is 5.56 Å². The molecule has 3 aromatic rings. The number of aliphatic hydroxyl groups excluding tert-OH is 1. The van der Waals surface area contributed by atoms with Crippen molar-refractivity contribution in [2.45, 2.75) is 38.4 Å². The molecule has 0 amide bonds. The first-order valence-corrected chi connectivity index (χ1v) is 13.3. The van der Waals surface area contributed by atoms with Crippen LogP contribution in [0.2, 0.25) is 0 Å². The van der Waals surface area contributed by atoms with Crippen molar-refractivity contribution in [1.29, 1.82) is 0 Å². The molecule has 3 aliphatic carbocycles. The topological polar surface area (TPSA) is 188 Å². The fourth-order valence-corrected chi connectivity index (χ4v) is 6.40. The predicted octanol–water partition coefficient (Wildman–Crippen LogP) is 3.15. The van der Waals surface area contributed by atoms with Crippen LogP contribution in [0.5, 0.6) is 28.7 Å². The SMILES string of the molecule is COc1c(-c2cc(O)c3c(c2OC)C(=O)c2cc(O)c(C)cc2C3=O)cc(O)c2c1C(=O)C1=C(C2=O)C(O)CCC1(C)O. The van der Waals surface area contributed by atoms with Crippen LogP contribution in [0.4, 0.5) is 0 Å². The summed E-state index contributed by atoms with van der Waals surface area (Å²) in [5, 5.41) is 54.1. The normalized spacial score (nSPS) is 20.8. The number of benzene rings is 3. The zero-order chi connectivity index (χ0) is 31.3. The molecule has 11 nitrogen and oxygen atoms in total. The smallest absolute Gasteiger partial charge is 0.198 e. The molecule has 0 heterocycles. The van der Waals surface area contributed by atoms with Gasteiger partial charge in [-0.1, -0.05) is 0 Å². The van der Waals surface area contributed by atoms with Gasteiger partial charge < -0.3 is 35.0 Å². The molecule has 0 aromatic heterocycles. The lowest BCUT2D eigenvalue weighted by Gasteiger charge is -2.38. The number of methoxy groups -OCH3 is 2. The number of ketones is 4. The van der Waals surface area contributed by atoms with Crippen LogP contribution < -0.4 is 9.47 Å². The summed E-state index contributed by atoms with van der Waals surface area (Å²) in [5.41, 5.74) is -3.78. The average Bonchev–Trinajstić information content (AvgIpc) is 2.95. The molecule has 43 heavy (non-hydrogen) atoms. The highest BCUT2D eigenvalue weighted by Crippen LogP contribution is 2.52. The summed E-state index contributed by atoms with van der Waals surface area (Å²) < 4.78 is 11.2. The van der Waals surface area contributed by atoms with Gasteiger partial charge in [0.25, 0.3) is 0 Å². The van der Waals surface area contributed by atoms with E-state index in [-0.39, 0.29) is 80.2 Å². The summed E-state index contributed by atoms with van der Waals surface area (Å²) in [6.07, 6.45) is -1.32. The van der Waals surface area contributed by atoms with Crippen LogP contribution in [0.25, 0.3) is 11.1 Å². The van der Waals surface area contributed by atoms with E-state index >= 15 is 0 Å². The van der Waals surface area contributed by atoms with E-state index in [1.807, 2.05) is 0 Å². The third kappa shape index (κ3) is 3.68. The molecule has 11 heteroatoms. The lowest BCUT2D eigenvalue weighted by Crippen LogP contribution is -2.44. The zero-order valence-electron chi connectivity index (χ0n) is 23.5. The largest absolute Gasteiger partial charge is 0.508 e. The number of Topliss-reactive ketones (excluding diaryl/α,β-unsaturated/α-hetero) is 2. The lowest BCUT2D eigenvalue weighted by atomic mass is 9.69. The Bertz CT molecular complexity index is 1890. The van der Waals surface area contributed by atoms with E-state index in [4.69, 9.17) is 9.47 Å². The maximum Gasteiger partial charge on any atom is 0.198 e. The highest BCUT2D eigenvalue weighted by Gasteiger charge is 2.49. The minimum Gasteiger partial charge on any atom is -0.508 e. The molecule has 0 aliphatic heterocycles. The highest BCUT2D eigenvalue weighted by molar-refractivity contribution is 6.32. The van der Waals surface area contributed by atoms with E-state index in [1.165, 1.54) is 27.2 Å². The number of phenolic OH excluding ortho intramolecular Hbond substituents is 3. The van der Waals surface area contributed by atoms with Gasteiger partial charge in [0.2, 0.25) is 0 Å². The molecule has 0 spiro atoms. The number of hydrogen-bond donors (Lipinski definition) is 5. The third-order valence-corrected chi connectivity index (χ3v) is 8.47. The van der Waals surface area contributed by atoms with Gasteiger partial charge in [-0.2, -0.15) is 0 Å². The van der Waals surface area contributed by atoms with E-state index in [9.17, 15) is 44.7 Å². The first kappa shape index (κ1) is 28.1. The molecule has 0 saturated carbocycles. The number of carbonyl (C=O) groups excluding carboxylic acids is 4. The maximum absolute atomic E-state index is 13.9. The molecule has 0 saturated heterocycles. The van der Waals surface area contributed by atoms with Crippen molar-refractivity contribution in [3.63, 3.8) is 0 Å². The summed E-state index contributed by atoms with van der Waals surface area (Å²) in [6.45, 7) is 2.91. The summed E-state index contributed by atoms with van der Waals surface area (Å²) in [4.78, 5) is 54.8. The Kier molecular flexibility index (Phi) is 6.05. The van der Waals surface area contributed by atoms with E-state index in [1.54, 1.807) is 6.92 Å². The number of hydrogen-bond acceptors (Lipinski definition) is 11. The molecule has 0 fully saturated rings. The molecule has 6 rings (SSSR count). The molecular weight excluding hydrogens is 560 g/mol. The van der Waals surface area contributed by atoms with Crippen molar-refractivity contribution in [3.8, 4) is 39.9 Å². The average molecular weight is 587 g/mol. The quantitative estimate of drug-likeness (QED) is 0.237. The van der Waals surface area contributed by atoms with Crippen LogP contribution in [0.1, 0.15) is 77.9 Å². The second-order valence-electron chi connectivity index (χ2n) is 11.1. The van der Waals surface area contributed by atoms with Gasteiger partial charge in [0.15, 0.2) is 23.1 Å². The van der Waals surface area contributed by atoms with Crippen molar-refractivity contribution < 1.29 is 54.2 Å². The van der Waals surface area contributed by atoms with Crippen LogP contribution in [0.3, 0.4) is 0 Å². The van der Waals surface area contributed by atoms with E-state index < -0.39 is 51.9 Å². The summed E-state index contributed by atoms with van der Waals surface area (Å²) in [6, 6.07) is 4.71. The van der Waals surface area contributed by atoms with Gasteiger partial charge in [-0.05, 0) is 56.5 Å². The Morgan fingerprint density at radius 3 is 1.72 bits per heavy atom. The standard InChI is InChI=1S/C32H26O11/c1-11-7-12-13(8-17(11)34)27(38)23-20(26(12)37)18(35)9-14(30(23)42-3)15-10-19(36)21-24(31(15)43-4)29(40)25-22(28(21)39)16(33)5-6-32(25,2)41/h7-10,16,33-36,41H,5-6H2,1-4H3. The van der Waals surface area contributed by atoms with Crippen molar-refractivity contribution in [2.75, 3.05) is 14.2 Å². The van der Waals surface area contributed by atoms with Gasteiger partial charge in [0.1, 0.15) is 28.7 Å². The zero-order valence-corrected chi connectivity index (χ0v) is 23.5. The Balaban J connectivity index is 1.64. The van der Waals surface area contributed by atoms with Gasteiger partial charge in [0, 0.05) is 33.4 Å². The molecule has 0 radical (unpaired) electrons. The van der Waals surface area contributed by atoms with E-state index in [2.05, 4.69) is 0 Å². The number of ether oxygens (including phenoxy) is 2. The minimum absolute atomic E-state index is 0.00540. The second-order valence-corrected chi connectivity index (χ2v) is 11.1. The number of aryl methyl sites for hydroxylation is 1. The number of aliphatic hydroxyl groups is 2. The molecule has 5 N–H and O–H groups in total. The fourth-order valence-electron chi connectivity index (χ4n) is 6.40. The van der Waals surface area contributed by atoms with Crippen LogP contribution in [0, 0.1) is 6.92 Å². The Morgan fingerprint density at radius 2 is 1.16 bits per heavy atom. The first-order valence-electron chi connectivity index (χ1n) is 13.3. The van der Waals surface area contributed by atoms with Gasteiger partial charge in [-0.15, -0.1) is 0 Å². The Morgan fingerprint density at radius 1 is 0.698 bits per heavy atom. The van der Waals surface area contributed by atoms with Crippen LogP contribution in [0.15, 0.2) is 35.4 Å². The van der Waals surface area contributed by atoms with Crippen molar-refractivity contribution in [2.24, 2.45) is 0 Å². The van der Waals surface area contributed by atoms with Gasteiger partial charge in [-0.3, -0.25) is 19.2 Å². The Labute approximate surface area is 244 Å². The number of phenols is 3. The lowest BCUT2D eigenvalue weighted by molar-refractivity contribution is 0.0432. The molecule has 2 atom stereocenters.